The molecule has 0 amide bonds. The maximum Gasteiger partial charge on any atom is 0.178 e. The molecule has 1 heterocycles. The lowest BCUT2D eigenvalue weighted by atomic mass is 10.3. The van der Waals surface area contributed by atoms with Gasteiger partial charge in [0, 0.05) is 12.3 Å². The van der Waals surface area contributed by atoms with Gasteiger partial charge in [0.05, 0.1) is 5.69 Å². The molecule has 0 aliphatic heterocycles. The van der Waals surface area contributed by atoms with Gasteiger partial charge < -0.3 is 0 Å². The molecule has 0 spiro atoms. The molecule has 0 bridgehead atoms. The Bertz CT molecular complexity index is 323. The fourth-order valence-corrected chi connectivity index (χ4v) is 0.730. The smallest absolute Gasteiger partial charge is 0.178 e. The van der Waals surface area contributed by atoms with E-state index in [1.54, 1.807) is 6.92 Å². The van der Waals surface area contributed by atoms with Crippen molar-refractivity contribution in [2.45, 2.75) is 6.92 Å². The molecule has 4 heteroatoms. The number of allylic oxidation sites excluding steroid dienone is 1. The molecule has 1 aromatic rings. The minimum Gasteiger partial charge on any atom is -0.295 e. The van der Waals surface area contributed by atoms with Crippen molar-refractivity contribution in [2.24, 2.45) is 0 Å². The van der Waals surface area contributed by atoms with Crippen molar-refractivity contribution < 1.29 is 9.18 Å². The van der Waals surface area contributed by atoms with E-state index < -0.39 is 5.83 Å². The van der Waals surface area contributed by atoms with Crippen LogP contribution in [0.25, 0.3) is 6.08 Å². The Balaban J connectivity index is 2.97. The van der Waals surface area contributed by atoms with Crippen LogP contribution in [0.15, 0.2) is 18.1 Å². The summed E-state index contributed by atoms with van der Waals surface area (Å²) in [6.07, 6.45) is 2.70. The van der Waals surface area contributed by atoms with E-state index in [4.69, 9.17) is 0 Å². The second-order valence-corrected chi connectivity index (χ2v) is 2.18. The highest BCUT2D eigenvalue weighted by atomic mass is 19.1. The number of hydrogen-bond donors (Lipinski definition) is 0. The Morgan fingerprint density at radius 1 is 1.67 bits per heavy atom. The molecule has 3 nitrogen and oxygen atoms in total. The van der Waals surface area contributed by atoms with Gasteiger partial charge in [-0.25, -0.2) is 14.4 Å². The molecule has 0 radical (unpaired) electrons. The monoisotopic (exact) mass is 166 g/mol. The SMILES string of the molecule is Cc1nccc(C=C(F)C=O)n1. The highest BCUT2D eigenvalue weighted by Crippen LogP contribution is 2.02. The number of aldehydes is 1. The molecule has 0 saturated heterocycles. The molecule has 1 rings (SSSR count). The maximum atomic E-state index is 12.4. The van der Waals surface area contributed by atoms with Gasteiger partial charge in [-0.2, -0.15) is 0 Å². The molecule has 0 N–H and O–H groups in total. The Labute approximate surface area is 69.0 Å². The van der Waals surface area contributed by atoms with Crippen molar-refractivity contribution in [3.63, 3.8) is 0 Å². The van der Waals surface area contributed by atoms with E-state index in [0.717, 1.165) is 6.08 Å². The lowest BCUT2D eigenvalue weighted by molar-refractivity contribution is -0.106. The van der Waals surface area contributed by atoms with E-state index in [9.17, 15) is 9.18 Å². The summed E-state index contributed by atoms with van der Waals surface area (Å²) in [5.74, 6) is -0.296. The predicted molar refractivity (Wildman–Crippen MR) is 41.9 cm³/mol. The summed E-state index contributed by atoms with van der Waals surface area (Å²) in [5.41, 5.74) is 0.395. The number of rotatable bonds is 2. The second-order valence-electron chi connectivity index (χ2n) is 2.18. The topological polar surface area (TPSA) is 42.9 Å². The van der Waals surface area contributed by atoms with E-state index in [2.05, 4.69) is 9.97 Å². The van der Waals surface area contributed by atoms with Gasteiger partial charge in [-0.3, -0.25) is 4.79 Å². The van der Waals surface area contributed by atoms with Gasteiger partial charge in [0.15, 0.2) is 12.1 Å². The first-order chi connectivity index (χ1) is 5.72. The summed E-state index contributed by atoms with van der Waals surface area (Å²) in [5, 5.41) is 0. The number of carbonyl (C=O) groups is 1. The van der Waals surface area contributed by atoms with Crippen LogP contribution < -0.4 is 0 Å². The fraction of sp³-hybridized carbons (Fsp3) is 0.125. The maximum absolute atomic E-state index is 12.4. The van der Waals surface area contributed by atoms with Crippen LogP contribution in [0, 0.1) is 6.92 Å². The quantitative estimate of drug-likeness (QED) is 0.491. The lowest BCUT2D eigenvalue weighted by Gasteiger charge is -1.92. The zero-order valence-electron chi connectivity index (χ0n) is 6.49. The van der Waals surface area contributed by atoms with E-state index in [0.29, 0.717) is 11.5 Å². The largest absolute Gasteiger partial charge is 0.295 e. The first kappa shape index (κ1) is 8.52. The van der Waals surface area contributed by atoms with E-state index >= 15 is 0 Å². The summed E-state index contributed by atoms with van der Waals surface area (Å²) in [6.45, 7) is 1.69. The number of carbonyl (C=O) groups excluding carboxylic acids is 1. The molecule has 12 heavy (non-hydrogen) atoms. The van der Waals surface area contributed by atoms with Crippen LogP contribution in [0.1, 0.15) is 11.5 Å². The Morgan fingerprint density at radius 2 is 2.42 bits per heavy atom. The number of aromatic nitrogens is 2. The second kappa shape index (κ2) is 3.71. The molecule has 0 fully saturated rings. The molecule has 0 aliphatic carbocycles. The fourth-order valence-electron chi connectivity index (χ4n) is 0.730. The van der Waals surface area contributed by atoms with E-state index in [1.807, 2.05) is 0 Å². The molecule has 0 aliphatic rings. The molecular formula is C8H7FN2O. The van der Waals surface area contributed by atoms with Crippen molar-refractivity contribution in [2.75, 3.05) is 0 Å². The number of hydrogen-bond acceptors (Lipinski definition) is 3. The average Bonchev–Trinajstić information content (AvgIpc) is 2.04. The molecule has 0 atom stereocenters. The molecule has 1 aromatic heterocycles. The summed E-state index contributed by atoms with van der Waals surface area (Å²) in [4.78, 5) is 17.6. The van der Waals surface area contributed by atoms with Crippen LogP contribution in [-0.4, -0.2) is 16.3 Å². The standard InChI is InChI=1S/C8H7FN2O/c1-6-10-3-2-8(11-6)4-7(9)5-12/h2-5H,1H3. The van der Waals surface area contributed by atoms with Crippen LogP contribution in [0.4, 0.5) is 4.39 Å². The summed E-state index contributed by atoms with van der Waals surface area (Å²) >= 11 is 0. The van der Waals surface area contributed by atoms with Gasteiger partial charge in [0.25, 0.3) is 0 Å². The van der Waals surface area contributed by atoms with Crippen LogP contribution in [-0.2, 0) is 4.79 Å². The van der Waals surface area contributed by atoms with Crippen LogP contribution >= 0.6 is 0 Å². The molecule has 0 aromatic carbocycles. The van der Waals surface area contributed by atoms with Gasteiger partial charge in [0.2, 0.25) is 0 Å². The molecule has 0 unspecified atom stereocenters. The van der Waals surface area contributed by atoms with Crippen LogP contribution in [0.5, 0.6) is 0 Å². The predicted octanol–water partition coefficient (Wildman–Crippen LogP) is 1.29. The molecule has 0 saturated carbocycles. The minimum absolute atomic E-state index is 0.136. The Kier molecular flexibility index (Phi) is 2.63. The molecular weight excluding hydrogens is 159 g/mol. The lowest BCUT2D eigenvalue weighted by Crippen LogP contribution is -1.89. The highest BCUT2D eigenvalue weighted by molar-refractivity contribution is 5.77. The molecule has 62 valence electrons. The first-order valence-electron chi connectivity index (χ1n) is 3.34. The third-order valence-corrected chi connectivity index (χ3v) is 1.20. The third-order valence-electron chi connectivity index (χ3n) is 1.20. The zero-order chi connectivity index (χ0) is 8.97. The van der Waals surface area contributed by atoms with Gasteiger partial charge in [-0.1, -0.05) is 0 Å². The van der Waals surface area contributed by atoms with Gasteiger partial charge >= 0.3 is 0 Å². The highest BCUT2D eigenvalue weighted by Gasteiger charge is 1.94. The summed E-state index contributed by atoms with van der Waals surface area (Å²) < 4.78 is 12.4. The minimum atomic E-state index is -0.840. The average molecular weight is 166 g/mol. The van der Waals surface area contributed by atoms with Crippen molar-refractivity contribution >= 4 is 12.4 Å². The first-order valence-corrected chi connectivity index (χ1v) is 3.34. The Morgan fingerprint density at radius 3 is 3.00 bits per heavy atom. The third kappa shape index (κ3) is 2.23. The van der Waals surface area contributed by atoms with E-state index in [1.165, 1.54) is 12.3 Å². The summed E-state index contributed by atoms with van der Waals surface area (Å²) in [6, 6.07) is 1.52. The van der Waals surface area contributed by atoms with Crippen molar-refractivity contribution in [1.82, 2.24) is 9.97 Å². The van der Waals surface area contributed by atoms with Crippen LogP contribution in [0.2, 0.25) is 0 Å². The number of aryl methyl sites for hydroxylation is 1. The Hall–Kier alpha value is -1.58. The number of halogens is 1. The van der Waals surface area contributed by atoms with Crippen molar-refractivity contribution in [3.8, 4) is 0 Å². The van der Waals surface area contributed by atoms with Crippen molar-refractivity contribution in [3.05, 3.63) is 29.6 Å². The van der Waals surface area contributed by atoms with Crippen LogP contribution in [0.3, 0.4) is 0 Å². The van der Waals surface area contributed by atoms with Gasteiger partial charge in [-0.05, 0) is 13.0 Å². The van der Waals surface area contributed by atoms with Gasteiger partial charge in [0.1, 0.15) is 5.82 Å². The summed E-state index contributed by atoms with van der Waals surface area (Å²) in [7, 11) is 0. The van der Waals surface area contributed by atoms with Crippen molar-refractivity contribution in [1.29, 1.82) is 0 Å². The zero-order valence-corrected chi connectivity index (χ0v) is 6.49. The van der Waals surface area contributed by atoms with Gasteiger partial charge in [-0.15, -0.1) is 0 Å². The number of nitrogens with zero attached hydrogens (tertiary/aromatic N) is 2. The normalized spacial score (nSPS) is 11.3. The van der Waals surface area contributed by atoms with E-state index in [-0.39, 0.29) is 6.29 Å².